The van der Waals surface area contributed by atoms with E-state index in [0.29, 0.717) is 12.5 Å². The highest BCUT2D eigenvalue weighted by Gasteiger charge is 2.25. The van der Waals surface area contributed by atoms with Gasteiger partial charge in [-0.25, -0.2) is 0 Å². The van der Waals surface area contributed by atoms with Gasteiger partial charge in [0.05, 0.1) is 7.11 Å². The number of hydrogen-bond acceptors (Lipinski definition) is 2. The first-order valence-electron chi connectivity index (χ1n) is 6.39. The van der Waals surface area contributed by atoms with Crippen LogP contribution in [-0.2, 0) is 0 Å². The van der Waals surface area contributed by atoms with Crippen LogP contribution in [0.2, 0.25) is 5.02 Å². The van der Waals surface area contributed by atoms with Gasteiger partial charge in [0.2, 0.25) is 0 Å². The smallest absolute Gasteiger partial charge is 0.125 e. The van der Waals surface area contributed by atoms with Crippen LogP contribution in [0.4, 0.5) is 0 Å². The van der Waals surface area contributed by atoms with E-state index < -0.39 is 0 Å². The fourth-order valence-corrected chi connectivity index (χ4v) is 2.78. The number of benzene rings is 1. The lowest BCUT2D eigenvalue weighted by atomic mass is 9.83. The van der Waals surface area contributed by atoms with E-state index in [1.54, 1.807) is 7.11 Å². The predicted molar refractivity (Wildman–Crippen MR) is 78.8 cm³/mol. The van der Waals surface area contributed by atoms with Crippen LogP contribution in [0.1, 0.15) is 42.0 Å². The maximum atomic E-state index is 6.43. The van der Waals surface area contributed by atoms with E-state index in [4.69, 9.17) is 22.1 Å². The monoisotopic (exact) mass is 269 g/mol. The van der Waals surface area contributed by atoms with Crippen molar-refractivity contribution in [3.8, 4) is 5.75 Å². The highest BCUT2D eigenvalue weighted by molar-refractivity contribution is 6.32. The highest BCUT2D eigenvalue weighted by Crippen LogP contribution is 2.41. The summed E-state index contributed by atoms with van der Waals surface area (Å²) in [5.74, 6) is 1.68. The molecule has 3 heteroatoms. The molecule has 0 spiro atoms. The minimum Gasteiger partial charge on any atom is -0.496 e. The lowest BCUT2D eigenvalue weighted by Crippen LogP contribution is -2.20. The average Bonchev–Trinajstić information content (AvgIpc) is 2.33. The molecule has 1 aromatic carbocycles. The third-order valence-electron chi connectivity index (χ3n) is 3.84. The highest BCUT2D eigenvalue weighted by atomic mass is 35.5. The summed E-state index contributed by atoms with van der Waals surface area (Å²) in [7, 11) is 1.71. The third kappa shape index (κ3) is 2.50. The molecular formula is C15H24ClNO. The van der Waals surface area contributed by atoms with Crippen molar-refractivity contribution in [3.05, 3.63) is 27.3 Å². The van der Waals surface area contributed by atoms with Gasteiger partial charge in [0.25, 0.3) is 0 Å². The second-order valence-corrected chi connectivity index (χ2v) is 5.60. The molecule has 0 saturated carbocycles. The molecule has 0 bridgehead atoms. The molecule has 1 atom stereocenters. The molecular weight excluding hydrogens is 246 g/mol. The number of rotatable bonds is 4. The minimum absolute atomic E-state index is 0.275. The van der Waals surface area contributed by atoms with E-state index in [2.05, 4.69) is 27.7 Å². The first-order valence-corrected chi connectivity index (χ1v) is 6.77. The van der Waals surface area contributed by atoms with Crippen LogP contribution in [0.25, 0.3) is 0 Å². The van der Waals surface area contributed by atoms with E-state index in [9.17, 15) is 0 Å². The molecule has 0 saturated heterocycles. The molecule has 102 valence electrons. The zero-order valence-corrected chi connectivity index (χ0v) is 13.0. The molecule has 2 N–H and O–H groups in total. The van der Waals surface area contributed by atoms with E-state index in [1.165, 1.54) is 5.56 Å². The lowest BCUT2D eigenvalue weighted by Gasteiger charge is -2.27. The molecule has 0 aromatic heterocycles. The van der Waals surface area contributed by atoms with Crippen LogP contribution in [0.5, 0.6) is 5.75 Å². The largest absolute Gasteiger partial charge is 0.496 e. The van der Waals surface area contributed by atoms with Gasteiger partial charge in [0, 0.05) is 16.5 Å². The fourth-order valence-electron chi connectivity index (χ4n) is 2.54. The molecule has 0 amide bonds. The second-order valence-electron chi connectivity index (χ2n) is 5.22. The van der Waals surface area contributed by atoms with Gasteiger partial charge in [0.1, 0.15) is 5.75 Å². The van der Waals surface area contributed by atoms with E-state index in [1.807, 2.05) is 6.92 Å². The van der Waals surface area contributed by atoms with Gasteiger partial charge in [0.15, 0.2) is 0 Å². The van der Waals surface area contributed by atoms with Gasteiger partial charge in [-0.1, -0.05) is 25.4 Å². The Morgan fingerprint density at radius 2 is 1.67 bits per heavy atom. The van der Waals surface area contributed by atoms with E-state index >= 15 is 0 Å². The zero-order valence-electron chi connectivity index (χ0n) is 12.2. The Balaban J connectivity index is 3.60. The van der Waals surface area contributed by atoms with E-state index in [0.717, 1.165) is 27.5 Å². The zero-order chi connectivity index (χ0) is 14.0. The molecule has 1 rings (SSSR count). The van der Waals surface area contributed by atoms with Crippen molar-refractivity contribution in [1.82, 2.24) is 0 Å². The van der Waals surface area contributed by atoms with Crippen LogP contribution >= 0.6 is 11.6 Å². The summed E-state index contributed by atoms with van der Waals surface area (Å²) in [4.78, 5) is 0. The fraction of sp³-hybridized carbons (Fsp3) is 0.600. The molecule has 0 aliphatic heterocycles. The van der Waals surface area contributed by atoms with Gasteiger partial charge in [-0.3, -0.25) is 0 Å². The van der Waals surface area contributed by atoms with Crippen molar-refractivity contribution < 1.29 is 4.74 Å². The van der Waals surface area contributed by atoms with Crippen molar-refractivity contribution in [2.45, 2.75) is 40.5 Å². The summed E-state index contributed by atoms with van der Waals surface area (Å²) < 4.78 is 5.61. The first kappa shape index (κ1) is 15.3. The Morgan fingerprint density at radius 1 is 1.11 bits per heavy atom. The lowest BCUT2D eigenvalue weighted by molar-refractivity contribution is 0.391. The van der Waals surface area contributed by atoms with Crippen molar-refractivity contribution >= 4 is 11.6 Å². The van der Waals surface area contributed by atoms with Crippen molar-refractivity contribution in [2.24, 2.45) is 11.7 Å². The van der Waals surface area contributed by atoms with Crippen LogP contribution in [-0.4, -0.2) is 13.7 Å². The van der Waals surface area contributed by atoms with Crippen LogP contribution in [0.3, 0.4) is 0 Å². The summed E-state index contributed by atoms with van der Waals surface area (Å²) in [6.45, 7) is 11.1. The van der Waals surface area contributed by atoms with Crippen molar-refractivity contribution in [2.75, 3.05) is 13.7 Å². The van der Waals surface area contributed by atoms with Gasteiger partial charge in [-0.2, -0.15) is 0 Å². The van der Waals surface area contributed by atoms with Gasteiger partial charge < -0.3 is 10.5 Å². The summed E-state index contributed by atoms with van der Waals surface area (Å²) in [5.41, 5.74) is 10.4. The number of ether oxygens (including phenoxy) is 1. The minimum atomic E-state index is 0.275. The van der Waals surface area contributed by atoms with E-state index in [-0.39, 0.29) is 5.92 Å². The Morgan fingerprint density at radius 3 is 2.06 bits per heavy atom. The van der Waals surface area contributed by atoms with Crippen LogP contribution < -0.4 is 10.5 Å². The number of hydrogen-bond donors (Lipinski definition) is 1. The predicted octanol–water partition coefficient (Wildman–Crippen LogP) is 3.97. The SMILES string of the molecule is COc1c(C)c(C)c(Cl)c(C)c1C(CN)C(C)C. The molecule has 0 aliphatic rings. The molecule has 18 heavy (non-hydrogen) atoms. The molecule has 0 fully saturated rings. The quantitative estimate of drug-likeness (QED) is 0.898. The van der Waals surface area contributed by atoms with Gasteiger partial charge >= 0.3 is 0 Å². The Bertz CT molecular complexity index is 441. The normalized spacial score (nSPS) is 12.9. The number of nitrogens with two attached hydrogens (primary N) is 1. The number of methoxy groups -OCH3 is 1. The number of halogens is 1. The Hall–Kier alpha value is -0.730. The molecule has 0 heterocycles. The molecule has 1 unspecified atom stereocenters. The molecule has 2 nitrogen and oxygen atoms in total. The first-order chi connectivity index (χ1) is 8.36. The molecule has 0 radical (unpaired) electrons. The van der Waals surface area contributed by atoms with Crippen molar-refractivity contribution in [1.29, 1.82) is 0 Å². The molecule has 0 aliphatic carbocycles. The third-order valence-corrected chi connectivity index (χ3v) is 4.41. The summed E-state index contributed by atoms with van der Waals surface area (Å²) in [6, 6.07) is 0. The van der Waals surface area contributed by atoms with Crippen LogP contribution in [0, 0.1) is 26.7 Å². The van der Waals surface area contributed by atoms with Gasteiger partial charge in [-0.15, -0.1) is 0 Å². The average molecular weight is 270 g/mol. The summed E-state index contributed by atoms with van der Waals surface area (Å²) in [5, 5.41) is 0.836. The standard InChI is InChI=1S/C15H24ClNO/c1-8(2)12(7-17)13-11(5)14(16)9(3)10(4)15(13)18-6/h8,12H,7,17H2,1-6H3. The molecule has 1 aromatic rings. The Kier molecular flexibility index (Phi) is 5.06. The maximum Gasteiger partial charge on any atom is 0.125 e. The van der Waals surface area contributed by atoms with Gasteiger partial charge in [-0.05, 0) is 49.9 Å². The maximum absolute atomic E-state index is 6.43. The van der Waals surface area contributed by atoms with Crippen molar-refractivity contribution in [3.63, 3.8) is 0 Å². The second kappa shape index (κ2) is 5.94. The Labute approximate surface area is 115 Å². The van der Waals surface area contributed by atoms with Crippen LogP contribution in [0.15, 0.2) is 0 Å². The summed E-state index contributed by atoms with van der Waals surface area (Å²) in [6.07, 6.45) is 0. The topological polar surface area (TPSA) is 35.2 Å². The summed E-state index contributed by atoms with van der Waals surface area (Å²) >= 11 is 6.43.